The molecule has 0 aliphatic rings. The molecule has 7 heteroatoms. The number of nitrogens with two attached hydrogens (primary N) is 1. The average Bonchev–Trinajstić information content (AvgIpc) is 2.74. The molecule has 0 atom stereocenters. The Morgan fingerprint density at radius 3 is 2.94 bits per heavy atom. The lowest BCUT2D eigenvalue weighted by Crippen LogP contribution is -2.19. The van der Waals surface area contributed by atoms with E-state index in [2.05, 4.69) is 20.8 Å². The highest BCUT2D eigenvalue weighted by Gasteiger charge is 2.05. The van der Waals surface area contributed by atoms with Crippen molar-refractivity contribution in [2.75, 3.05) is 11.1 Å². The van der Waals surface area contributed by atoms with Crippen LogP contribution in [0, 0.1) is 0 Å². The van der Waals surface area contributed by atoms with E-state index in [0.29, 0.717) is 11.4 Å². The molecule has 0 unspecified atom stereocenters. The van der Waals surface area contributed by atoms with Crippen molar-refractivity contribution < 1.29 is 4.79 Å². The van der Waals surface area contributed by atoms with Crippen LogP contribution in [0.3, 0.4) is 0 Å². The van der Waals surface area contributed by atoms with E-state index in [-0.39, 0.29) is 12.5 Å². The van der Waals surface area contributed by atoms with E-state index >= 15 is 0 Å². The summed E-state index contributed by atoms with van der Waals surface area (Å²) in [5.41, 5.74) is 6.79. The number of hydrogen-bond acceptors (Lipinski definition) is 5. The minimum atomic E-state index is -0.231. The Balaban J connectivity index is 2.00. The standard InChI is InChI=1S/C9H10N6O/c10-7-3-1-2-4-8(7)12-9(16)5-15-6-11-13-14-15/h1-4,6H,5,10H2,(H,12,16). The lowest BCUT2D eigenvalue weighted by Gasteiger charge is -2.06. The first-order valence-electron chi connectivity index (χ1n) is 4.61. The Morgan fingerprint density at radius 1 is 1.44 bits per heavy atom. The SMILES string of the molecule is Nc1ccccc1NC(=O)Cn1cnnn1. The summed E-state index contributed by atoms with van der Waals surface area (Å²) in [5.74, 6) is -0.231. The molecule has 2 aromatic rings. The van der Waals surface area contributed by atoms with Crippen molar-refractivity contribution in [1.29, 1.82) is 0 Å². The third-order valence-corrected chi connectivity index (χ3v) is 1.93. The summed E-state index contributed by atoms with van der Waals surface area (Å²) < 4.78 is 1.33. The van der Waals surface area contributed by atoms with Crippen LogP contribution in [-0.4, -0.2) is 26.1 Å². The summed E-state index contributed by atoms with van der Waals surface area (Å²) in [6.07, 6.45) is 1.37. The molecule has 0 saturated carbocycles. The molecule has 7 nitrogen and oxygen atoms in total. The van der Waals surface area contributed by atoms with E-state index in [0.717, 1.165) is 0 Å². The van der Waals surface area contributed by atoms with Crippen molar-refractivity contribution >= 4 is 17.3 Å². The van der Waals surface area contributed by atoms with Crippen LogP contribution in [0.25, 0.3) is 0 Å². The van der Waals surface area contributed by atoms with Crippen LogP contribution < -0.4 is 11.1 Å². The molecule has 0 bridgehead atoms. The number of carbonyl (C=O) groups excluding carboxylic acids is 1. The molecule has 0 radical (unpaired) electrons. The monoisotopic (exact) mass is 218 g/mol. The van der Waals surface area contributed by atoms with Gasteiger partial charge in [0.05, 0.1) is 11.4 Å². The number of hydrogen-bond donors (Lipinski definition) is 2. The van der Waals surface area contributed by atoms with Gasteiger partial charge in [0.25, 0.3) is 0 Å². The number of anilines is 2. The predicted octanol–water partition coefficient (Wildman–Crippen LogP) is -0.106. The lowest BCUT2D eigenvalue weighted by atomic mass is 10.2. The first-order valence-corrected chi connectivity index (χ1v) is 4.61. The summed E-state index contributed by atoms with van der Waals surface area (Å²) >= 11 is 0. The van der Waals surface area contributed by atoms with Gasteiger partial charge in [0.2, 0.25) is 5.91 Å². The van der Waals surface area contributed by atoms with Crippen LogP contribution >= 0.6 is 0 Å². The molecule has 0 spiro atoms. The van der Waals surface area contributed by atoms with Crippen molar-refractivity contribution in [2.45, 2.75) is 6.54 Å². The number of para-hydroxylation sites is 2. The van der Waals surface area contributed by atoms with Crippen LogP contribution in [0.4, 0.5) is 11.4 Å². The zero-order valence-corrected chi connectivity index (χ0v) is 8.37. The first kappa shape index (κ1) is 10.1. The fourth-order valence-corrected chi connectivity index (χ4v) is 1.20. The predicted molar refractivity (Wildman–Crippen MR) is 57.3 cm³/mol. The fourth-order valence-electron chi connectivity index (χ4n) is 1.20. The molecule has 16 heavy (non-hydrogen) atoms. The number of rotatable bonds is 3. The van der Waals surface area contributed by atoms with E-state index < -0.39 is 0 Å². The number of tetrazole rings is 1. The van der Waals surface area contributed by atoms with Gasteiger partial charge in [-0.25, -0.2) is 4.68 Å². The molecule has 0 aliphatic carbocycles. The molecule has 1 aromatic carbocycles. The average molecular weight is 218 g/mol. The Morgan fingerprint density at radius 2 is 2.25 bits per heavy atom. The van der Waals surface area contributed by atoms with E-state index in [4.69, 9.17) is 5.73 Å². The normalized spacial score (nSPS) is 10.0. The van der Waals surface area contributed by atoms with Crippen LogP contribution in [0.1, 0.15) is 0 Å². The second-order valence-electron chi connectivity index (χ2n) is 3.14. The van der Waals surface area contributed by atoms with Crippen LogP contribution in [0.15, 0.2) is 30.6 Å². The summed E-state index contributed by atoms with van der Waals surface area (Å²) in [4.78, 5) is 11.5. The highest BCUT2D eigenvalue weighted by Crippen LogP contribution is 2.16. The Labute approximate surface area is 91.3 Å². The highest BCUT2D eigenvalue weighted by molar-refractivity contribution is 5.93. The van der Waals surface area contributed by atoms with Crippen LogP contribution in [0.5, 0.6) is 0 Å². The maximum atomic E-state index is 11.5. The van der Waals surface area contributed by atoms with Gasteiger partial charge in [-0.3, -0.25) is 4.79 Å². The number of benzene rings is 1. The Hall–Kier alpha value is -2.44. The number of amides is 1. The molecule has 0 fully saturated rings. The smallest absolute Gasteiger partial charge is 0.246 e. The summed E-state index contributed by atoms with van der Waals surface area (Å²) in [6, 6.07) is 7.04. The van der Waals surface area contributed by atoms with Gasteiger partial charge < -0.3 is 11.1 Å². The van der Waals surface area contributed by atoms with Crippen molar-refractivity contribution in [3.05, 3.63) is 30.6 Å². The van der Waals surface area contributed by atoms with Crippen molar-refractivity contribution in [1.82, 2.24) is 20.2 Å². The van der Waals surface area contributed by atoms with Gasteiger partial charge in [0, 0.05) is 0 Å². The van der Waals surface area contributed by atoms with Crippen molar-refractivity contribution in [3.8, 4) is 0 Å². The fraction of sp³-hybridized carbons (Fsp3) is 0.111. The van der Waals surface area contributed by atoms with Gasteiger partial charge in [-0.1, -0.05) is 12.1 Å². The van der Waals surface area contributed by atoms with E-state index in [9.17, 15) is 4.79 Å². The molecule has 2 rings (SSSR count). The maximum Gasteiger partial charge on any atom is 0.246 e. The zero-order valence-electron chi connectivity index (χ0n) is 8.37. The molecule has 82 valence electrons. The minimum Gasteiger partial charge on any atom is -0.397 e. The molecular formula is C9H10N6O. The quantitative estimate of drug-likeness (QED) is 0.700. The van der Waals surface area contributed by atoms with Gasteiger partial charge in [-0.05, 0) is 22.6 Å². The van der Waals surface area contributed by atoms with E-state index in [1.807, 2.05) is 0 Å². The molecule has 3 N–H and O–H groups in total. The highest BCUT2D eigenvalue weighted by atomic mass is 16.2. The minimum absolute atomic E-state index is 0.0569. The second kappa shape index (κ2) is 4.39. The number of nitrogen functional groups attached to an aromatic ring is 1. The molecular weight excluding hydrogens is 208 g/mol. The van der Waals surface area contributed by atoms with Crippen molar-refractivity contribution in [3.63, 3.8) is 0 Å². The molecule has 0 aliphatic heterocycles. The number of aromatic nitrogens is 4. The molecule has 1 heterocycles. The molecule has 0 saturated heterocycles. The summed E-state index contributed by atoms with van der Waals surface area (Å²) in [7, 11) is 0. The zero-order chi connectivity index (χ0) is 11.4. The maximum absolute atomic E-state index is 11.5. The van der Waals surface area contributed by atoms with Crippen LogP contribution in [0.2, 0.25) is 0 Å². The Bertz CT molecular complexity index is 481. The van der Waals surface area contributed by atoms with Gasteiger partial charge in [0.1, 0.15) is 12.9 Å². The molecule has 1 aromatic heterocycles. The second-order valence-corrected chi connectivity index (χ2v) is 3.14. The van der Waals surface area contributed by atoms with Gasteiger partial charge >= 0.3 is 0 Å². The topological polar surface area (TPSA) is 98.7 Å². The van der Waals surface area contributed by atoms with E-state index in [1.165, 1.54) is 11.0 Å². The summed E-state index contributed by atoms with van der Waals surface area (Å²) in [5, 5.41) is 13.1. The van der Waals surface area contributed by atoms with E-state index in [1.54, 1.807) is 24.3 Å². The molecule has 1 amide bonds. The number of nitrogens with one attached hydrogen (secondary N) is 1. The van der Waals surface area contributed by atoms with Crippen molar-refractivity contribution in [2.24, 2.45) is 0 Å². The Kier molecular flexibility index (Phi) is 2.77. The summed E-state index contributed by atoms with van der Waals surface area (Å²) in [6.45, 7) is 0.0569. The lowest BCUT2D eigenvalue weighted by molar-refractivity contribution is -0.116. The van der Waals surface area contributed by atoms with Gasteiger partial charge in [-0.2, -0.15) is 0 Å². The first-order chi connectivity index (χ1) is 7.75. The van der Waals surface area contributed by atoms with Crippen LogP contribution in [-0.2, 0) is 11.3 Å². The third kappa shape index (κ3) is 2.32. The van der Waals surface area contributed by atoms with Gasteiger partial charge in [0.15, 0.2) is 0 Å². The van der Waals surface area contributed by atoms with Gasteiger partial charge in [-0.15, -0.1) is 5.10 Å². The number of carbonyl (C=O) groups is 1. The largest absolute Gasteiger partial charge is 0.397 e. The third-order valence-electron chi connectivity index (χ3n) is 1.93. The number of nitrogens with zero attached hydrogens (tertiary/aromatic N) is 4.